The van der Waals surface area contributed by atoms with Gasteiger partial charge in [-0.1, -0.05) is 33.8 Å². The molecule has 0 radical (unpaired) electrons. The molecule has 3 heteroatoms. The molecule has 0 bridgehead atoms. The minimum atomic E-state index is 0.424. The van der Waals surface area contributed by atoms with Gasteiger partial charge in [-0.05, 0) is 42.9 Å². The normalized spacial score (nSPS) is 18.0. The van der Waals surface area contributed by atoms with Crippen LogP contribution in [0.1, 0.15) is 45.4 Å². The van der Waals surface area contributed by atoms with Crippen molar-refractivity contribution in [2.45, 2.75) is 47.6 Å². The summed E-state index contributed by atoms with van der Waals surface area (Å²) in [7, 11) is 0. The average Bonchev–Trinajstić information content (AvgIpc) is 2.71. The van der Waals surface area contributed by atoms with Crippen molar-refractivity contribution in [2.75, 3.05) is 24.5 Å². The number of anilines is 1. The molecule has 2 rings (SSSR count). The minimum absolute atomic E-state index is 0.424. The lowest BCUT2D eigenvalue weighted by Crippen LogP contribution is -2.24. The predicted molar refractivity (Wildman–Crippen MR) is 86.1 cm³/mol. The van der Waals surface area contributed by atoms with Crippen molar-refractivity contribution in [2.24, 2.45) is 11.3 Å². The predicted octanol–water partition coefficient (Wildman–Crippen LogP) is 3.37. The molecule has 1 saturated heterocycles. The first-order valence-corrected chi connectivity index (χ1v) is 7.79. The Balaban J connectivity index is 1.99. The molecule has 1 aromatic rings. The Morgan fingerprint density at radius 1 is 1.35 bits per heavy atom. The molecule has 112 valence electrons. The number of nitrogens with zero attached hydrogens (tertiary/aromatic N) is 2. The van der Waals surface area contributed by atoms with Crippen LogP contribution < -0.4 is 10.2 Å². The van der Waals surface area contributed by atoms with E-state index in [0.29, 0.717) is 11.3 Å². The summed E-state index contributed by atoms with van der Waals surface area (Å²) in [6, 6.07) is 4.41. The molecule has 1 N–H and O–H groups in total. The lowest BCUT2D eigenvalue weighted by Gasteiger charge is -2.21. The minimum Gasteiger partial charge on any atom is -0.356 e. The summed E-state index contributed by atoms with van der Waals surface area (Å²) in [6.07, 6.45) is 1.26. The largest absolute Gasteiger partial charge is 0.356 e. The maximum absolute atomic E-state index is 4.80. The van der Waals surface area contributed by atoms with E-state index in [9.17, 15) is 0 Å². The average molecular weight is 275 g/mol. The zero-order chi connectivity index (χ0) is 14.8. The van der Waals surface area contributed by atoms with E-state index < -0.39 is 0 Å². The van der Waals surface area contributed by atoms with Gasteiger partial charge in [0.05, 0.1) is 0 Å². The Morgan fingerprint density at radius 2 is 2.10 bits per heavy atom. The second-order valence-corrected chi connectivity index (χ2v) is 7.27. The van der Waals surface area contributed by atoms with Crippen LogP contribution in [0.5, 0.6) is 0 Å². The van der Waals surface area contributed by atoms with Gasteiger partial charge in [-0.2, -0.15) is 0 Å². The number of pyridine rings is 1. The lowest BCUT2D eigenvalue weighted by atomic mass is 9.93. The van der Waals surface area contributed by atoms with E-state index in [0.717, 1.165) is 37.7 Å². The van der Waals surface area contributed by atoms with Crippen LogP contribution in [0, 0.1) is 18.3 Å². The summed E-state index contributed by atoms with van der Waals surface area (Å²) in [5, 5.41) is 3.49. The van der Waals surface area contributed by atoms with Gasteiger partial charge in [-0.3, -0.25) is 0 Å². The Bertz CT molecular complexity index is 452. The molecule has 0 aromatic carbocycles. The van der Waals surface area contributed by atoms with Crippen molar-refractivity contribution in [3.63, 3.8) is 0 Å². The van der Waals surface area contributed by atoms with E-state index in [2.05, 4.69) is 57.0 Å². The summed E-state index contributed by atoms with van der Waals surface area (Å²) in [6.45, 7) is 15.5. The fraction of sp³-hybridized carbons (Fsp3) is 0.706. The topological polar surface area (TPSA) is 28.2 Å². The van der Waals surface area contributed by atoms with Crippen LogP contribution in [0.25, 0.3) is 0 Å². The SMILES string of the molecule is Cc1nc(N2CCC(C)(C)C2)ccc1CNCC(C)C. The third kappa shape index (κ3) is 3.95. The Morgan fingerprint density at radius 3 is 2.65 bits per heavy atom. The van der Waals surface area contributed by atoms with Crippen LogP contribution in [0.4, 0.5) is 5.82 Å². The molecule has 0 spiro atoms. The first-order valence-electron chi connectivity index (χ1n) is 7.79. The standard InChI is InChI=1S/C17H29N3/c1-13(2)10-18-11-15-6-7-16(19-14(15)3)20-9-8-17(4,5)12-20/h6-7,13,18H,8-12H2,1-5H3. The fourth-order valence-corrected chi connectivity index (χ4v) is 2.74. The second kappa shape index (κ2) is 6.13. The van der Waals surface area contributed by atoms with Gasteiger partial charge in [0, 0.05) is 25.3 Å². The fourth-order valence-electron chi connectivity index (χ4n) is 2.74. The number of nitrogens with one attached hydrogen (secondary N) is 1. The van der Waals surface area contributed by atoms with Gasteiger partial charge in [0.15, 0.2) is 0 Å². The smallest absolute Gasteiger partial charge is 0.128 e. The first kappa shape index (κ1) is 15.3. The van der Waals surface area contributed by atoms with E-state index >= 15 is 0 Å². The van der Waals surface area contributed by atoms with Crippen molar-refractivity contribution < 1.29 is 0 Å². The van der Waals surface area contributed by atoms with Crippen molar-refractivity contribution in [3.05, 3.63) is 23.4 Å². The molecule has 2 heterocycles. The molecular formula is C17H29N3. The summed E-state index contributed by atoms with van der Waals surface area (Å²) < 4.78 is 0. The Hall–Kier alpha value is -1.09. The molecule has 3 nitrogen and oxygen atoms in total. The highest BCUT2D eigenvalue weighted by atomic mass is 15.2. The van der Waals surface area contributed by atoms with Gasteiger partial charge < -0.3 is 10.2 Å². The van der Waals surface area contributed by atoms with Gasteiger partial charge in [0.1, 0.15) is 5.82 Å². The molecule has 1 aromatic heterocycles. The van der Waals surface area contributed by atoms with Gasteiger partial charge in [-0.25, -0.2) is 4.98 Å². The van der Waals surface area contributed by atoms with Crippen molar-refractivity contribution >= 4 is 5.82 Å². The molecular weight excluding hydrogens is 246 g/mol. The molecule has 1 fully saturated rings. The van der Waals surface area contributed by atoms with Crippen molar-refractivity contribution in [1.82, 2.24) is 10.3 Å². The highest BCUT2D eigenvalue weighted by molar-refractivity contribution is 5.43. The van der Waals surface area contributed by atoms with Crippen molar-refractivity contribution in [1.29, 1.82) is 0 Å². The van der Waals surface area contributed by atoms with Crippen LogP contribution >= 0.6 is 0 Å². The van der Waals surface area contributed by atoms with Crippen LogP contribution in [-0.4, -0.2) is 24.6 Å². The van der Waals surface area contributed by atoms with Crippen LogP contribution in [-0.2, 0) is 6.54 Å². The van der Waals surface area contributed by atoms with Crippen LogP contribution in [0.2, 0.25) is 0 Å². The van der Waals surface area contributed by atoms with Gasteiger partial charge in [0.2, 0.25) is 0 Å². The van der Waals surface area contributed by atoms with Gasteiger partial charge >= 0.3 is 0 Å². The van der Waals surface area contributed by atoms with Crippen LogP contribution in [0.3, 0.4) is 0 Å². The molecule has 0 unspecified atom stereocenters. The van der Waals surface area contributed by atoms with Crippen molar-refractivity contribution in [3.8, 4) is 0 Å². The second-order valence-electron chi connectivity index (χ2n) is 7.27. The number of aromatic nitrogens is 1. The van der Waals surface area contributed by atoms with E-state index in [1.165, 1.54) is 12.0 Å². The summed E-state index contributed by atoms with van der Waals surface area (Å²) >= 11 is 0. The highest BCUT2D eigenvalue weighted by Crippen LogP contribution is 2.31. The third-order valence-electron chi connectivity index (χ3n) is 4.05. The van der Waals surface area contributed by atoms with E-state index in [4.69, 9.17) is 4.98 Å². The Kier molecular flexibility index (Phi) is 4.69. The summed E-state index contributed by atoms with van der Waals surface area (Å²) in [4.78, 5) is 7.22. The lowest BCUT2D eigenvalue weighted by molar-refractivity contribution is 0.418. The molecule has 0 saturated carbocycles. The number of aryl methyl sites for hydroxylation is 1. The molecule has 1 aliphatic heterocycles. The van der Waals surface area contributed by atoms with E-state index in [-0.39, 0.29) is 0 Å². The van der Waals surface area contributed by atoms with Gasteiger partial charge in [-0.15, -0.1) is 0 Å². The monoisotopic (exact) mass is 275 g/mol. The first-order chi connectivity index (χ1) is 9.37. The maximum Gasteiger partial charge on any atom is 0.128 e. The summed E-state index contributed by atoms with van der Waals surface area (Å²) in [5.41, 5.74) is 2.89. The van der Waals surface area contributed by atoms with E-state index in [1.54, 1.807) is 0 Å². The third-order valence-corrected chi connectivity index (χ3v) is 4.05. The molecule has 20 heavy (non-hydrogen) atoms. The quantitative estimate of drug-likeness (QED) is 0.893. The number of rotatable bonds is 5. The maximum atomic E-state index is 4.80. The Labute approximate surface area is 123 Å². The number of hydrogen-bond donors (Lipinski definition) is 1. The zero-order valence-corrected chi connectivity index (χ0v) is 13.7. The van der Waals surface area contributed by atoms with E-state index in [1.807, 2.05) is 0 Å². The zero-order valence-electron chi connectivity index (χ0n) is 13.7. The summed E-state index contributed by atoms with van der Waals surface area (Å²) in [5.74, 6) is 1.83. The molecule has 0 aliphatic carbocycles. The molecule has 1 aliphatic rings. The molecule has 0 amide bonds. The number of hydrogen-bond acceptors (Lipinski definition) is 3. The van der Waals surface area contributed by atoms with Crippen LogP contribution in [0.15, 0.2) is 12.1 Å². The highest BCUT2D eigenvalue weighted by Gasteiger charge is 2.29. The molecule has 0 atom stereocenters. The van der Waals surface area contributed by atoms with Gasteiger partial charge in [0.25, 0.3) is 0 Å².